The molecule has 1 rings (SSSR count). The molecule has 0 aliphatic carbocycles. The summed E-state index contributed by atoms with van der Waals surface area (Å²) in [6.07, 6.45) is 2.53. The molecule has 1 saturated heterocycles. The predicted molar refractivity (Wildman–Crippen MR) is 57.3 cm³/mol. The fraction of sp³-hybridized carbons (Fsp3) is 0.778. The van der Waals surface area contributed by atoms with Crippen LogP contribution in [0.2, 0.25) is 0 Å². The Hall–Kier alpha value is -0.710. The Labute approximate surface area is 89.4 Å². The van der Waals surface area contributed by atoms with Gasteiger partial charge in [0.15, 0.2) is 0 Å². The topological polar surface area (TPSA) is 49.4 Å². The molecule has 0 bridgehead atoms. The summed E-state index contributed by atoms with van der Waals surface area (Å²) >= 11 is 3.94. The van der Waals surface area contributed by atoms with Crippen LogP contribution >= 0.6 is 12.6 Å². The van der Waals surface area contributed by atoms with E-state index in [1.807, 2.05) is 0 Å². The normalized spacial score (nSPS) is 15.6. The highest BCUT2D eigenvalue weighted by Gasteiger charge is 2.17. The van der Waals surface area contributed by atoms with Crippen molar-refractivity contribution >= 4 is 24.4 Å². The first-order valence-electron chi connectivity index (χ1n) is 4.89. The Kier molecular flexibility index (Phi) is 4.79. The fourth-order valence-electron chi connectivity index (χ4n) is 1.44. The Morgan fingerprint density at radius 2 is 1.93 bits per heavy atom. The molecule has 1 N–H and O–H groups in total. The van der Waals surface area contributed by atoms with Crippen molar-refractivity contribution in [3.05, 3.63) is 0 Å². The summed E-state index contributed by atoms with van der Waals surface area (Å²) in [7, 11) is 0. The van der Waals surface area contributed by atoms with Gasteiger partial charge in [0.05, 0.1) is 6.54 Å². The number of thiol groups is 1. The van der Waals surface area contributed by atoms with Gasteiger partial charge in [-0.15, -0.1) is 0 Å². The molecule has 5 heteroatoms. The minimum Gasteiger partial charge on any atom is -0.347 e. The predicted octanol–water partition coefficient (Wildman–Crippen LogP) is 0.0449. The van der Waals surface area contributed by atoms with Crippen LogP contribution in [0, 0.1) is 0 Å². The second kappa shape index (κ2) is 5.90. The third kappa shape index (κ3) is 3.57. The van der Waals surface area contributed by atoms with Crippen molar-refractivity contribution in [1.82, 2.24) is 10.2 Å². The second-order valence-corrected chi connectivity index (χ2v) is 3.79. The first kappa shape index (κ1) is 11.4. The maximum absolute atomic E-state index is 11.4. The lowest BCUT2D eigenvalue weighted by molar-refractivity contribution is -0.131. The van der Waals surface area contributed by atoms with E-state index in [2.05, 4.69) is 17.9 Å². The van der Waals surface area contributed by atoms with Gasteiger partial charge in [0.1, 0.15) is 0 Å². The Morgan fingerprint density at radius 1 is 1.29 bits per heavy atom. The molecule has 0 atom stereocenters. The van der Waals surface area contributed by atoms with E-state index in [1.54, 1.807) is 4.90 Å². The van der Waals surface area contributed by atoms with Crippen molar-refractivity contribution in [1.29, 1.82) is 0 Å². The van der Waals surface area contributed by atoms with E-state index in [9.17, 15) is 9.59 Å². The van der Waals surface area contributed by atoms with E-state index in [4.69, 9.17) is 0 Å². The highest BCUT2D eigenvalue weighted by atomic mass is 32.1. The van der Waals surface area contributed by atoms with Crippen LogP contribution in [0.3, 0.4) is 0 Å². The summed E-state index contributed by atoms with van der Waals surface area (Å²) in [5.74, 6) is 0.437. The quantitative estimate of drug-likeness (QED) is 0.652. The van der Waals surface area contributed by atoms with Gasteiger partial charge < -0.3 is 10.2 Å². The molecule has 1 fully saturated rings. The number of hydrogen-bond donors (Lipinski definition) is 2. The molecule has 0 saturated carbocycles. The summed E-state index contributed by atoms with van der Waals surface area (Å²) in [5.41, 5.74) is 0. The smallest absolute Gasteiger partial charge is 0.241 e. The van der Waals surface area contributed by atoms with E-state index in [0.717, 1.165) is 25.9 Å². The number of nitrogens with zero attached hydrogens (tertiary/aromatic N) is 1. The van der Waals surface area contributed by atoms with Crippen LogP contribution < -0.4 is 5.32 Å². The average molecular weight is 216 g/mol. The maximum atomic E-state index is 11.4. The lowest BCUT2D eigenvalue weighted by Gasteiger charge is -2.15. The SMILES string of the molecule is O=C(CCS)NCC(=O)N1CCCC1. The summed E-state index contributed by atoms with van der Waals surface area (Å²) in [4.78, 5) is 24.3. The van der Waals surface area contributed by atoms with Gasteiger partial charge in [-0.1, -0.05) is 0 Å². The summed E-state index contributed by atoms with van der Waals surface area (Å²) in [5, 5.41) is 2.58. The Bertz CT molecular complexity index is 215. The van der Waals surface area contributed by atoms with Gasteiger partial charge in [-0.2, -0.15) is 12.6 Å². The highest BCUT2D eigenvalue weighted by Crippen LogP contribution is 2.06. The number of hydrogen-bond acceptors (Lipinski definition) is 3. The maximum Gasteiger partial charge on any atom is 0.241 e. The first-order valence-corrected chi connectivity index (χ1v) is 5.52. The molecule has 1 heterocycles. The van der Waals surface area contributed by atoms with Crippen LogP contribution in [0.1, 0.15) is 19.3 Å². The molecule has 1 aliphatic rings. The van der Waals surface area contributed by atoms with Gasteiger partial charge in [0.25, 0.3) is 0 Å². The minimum absolute atomic E-state index is 0.0232. The van der Waals surface area contributed by atoms with Crippen LogP contribution in [-0.2, 0) is 9.59 Å². The molecule has 1 aliphatic heterocycles. The third-order valence-corrected chi connectivity index (χ3v) is 2.46. The zero-order valence-corrected chi connectivity index (χ0v) is 9.06. The highest BCUT2D eigenvalue weighted by molar-refractivity contribution is 7.80. The van der Waals surface area contributed by atoms with Gasteiger partial charge in [-0.3, -0.25) is 9.59 Å². The van der Waals surface area contributed by atoms with E-state index < -0.39 is 0 Å². The van der Waals surface area contributed by atoms with Crippen molar-refractivity contribution in [2.45, 2.75) is 19.3 Å². The van der Waals surface area contributed by atoms with Crippen LogP contribution in [-0.4, -0.2) is 42.1 Å². The van der Waals surface area contributed by atoms with E-state index in [1.165, 1.54) is 0 Å². The lowest BCUT2D eigenvalue weighted by Crippen LogP contribution is -2.38. The molecule has 14 heavy (non-hydrogen) atoms. The van der Waals surface area contributed by atoms with E-state index >= 15 is 0 Å². The molecule has 0 radical (unpaired) electrons. The summed E-state index contributed by atoms with van der Waals surface area (Å²) in [6.45, 7) is 1.80. The van der Waals surface area contributed by atoms with Gasteiger partial charge in [0.2, 0.25) is 11.8 Å². The minimum atomic E-state index is -0.104. The molecule has 80 valence electrons. The molecular weight excluding hydrogens is 200 g/mol. The molecule has 0 spiro atoms. The first-order chi connectivity index (χ1) is 6.74. The standard InChI is InChI=1S/C9H16N2O2S/c12-8(3-6-14)10-7-9(13)11-4-1-2-5-11/h14H,1-7H2,(H,10,12). The molecule has 0 aromatic carbocycles. The van der Waals surface area contributed by atoms with Crippen LogP contribution in [0.25, 0.3) is 0 Å². The molecule has 0 aromatic rings. The molecule has 4 nitrogen and oxygen atoms in total. The number of rotatable bonds is 4. The van der Waals surface area contributed by atoms with Crippen LogP contribution in [0.15, 0.2) is 0 Å². The number of amides is 2. The van der Waals surface area contributed by atoms with Crippen molar-refractivity contribution in [2.75, 3.05) is 25.4 Å². The zero-order chi connectivity index (χ0) is 10.4. The Balaban J connectivity index is 2.17. The van der Waals surface area contributed by atoms with Gasteiger partial charge in [0, 0.05) is 19.5 Å². The number of carbonyl (C=O) groups excluding carboxylic acids is 2. The van der Waals surface area contributed by atoms with Crippen LogP contribution in [0.4, 0.5) is 0 Å². The monoisotopic (exact) mass is 216 g/mol. The summed E-state index contributed by atoms with van der Waals surface area (Å²) < 4.78 is 0. The lowest BCUT2D eigenvalue weighted by atomic mass is 10.4. The van der Waals surface area contributed by atoms with Crippen molar-refractivity contribution < 1.29 is 9.59 Å². The van der Waals surface area contributed by atoms with Gasteiger partial charge >= 0.3 is 0 Å². The molecule has 0 aromatic heterocycles. The number of nitrogens with one attached hydrogen (secondary N) is 1. The largest absolute Gasteiger partial charge is 0.347 e. The molecular formula is C9H16N2O2S. The van der Waals surface area contributed by atoms with Crippen molar-refractivity contribution in [3.63, 3.8) is 0 Å². The average Bonchev–Trinajstić information content (AvgIpc) is 2.67. The number of carbonyl (C=O) groups is 2. The van der Waals surface area contributed by atoms with E-state index in [-0.39, 0.29) is 18.4 Å². The number of likely N-dealkylation sites (tertiary alicyclic amines) is 1. The Morgan fingerprint density at radius 3 is 2.50 bits per heavy atom. The third-order valence-electron chi connectivity index (χ3n) is 2.23. The summed E-state index contributed by atoms with van der Waals surface area (Å²) in [6, 6.07) is 0. The van der Waals surface area contributed by atoms with Crippen molar-refractivity contribution in [3.8, 4) is 0 Å². The van der Waals surface area contributed by atoms with Crippen molar-refractivity contribution in [2.24, 2.45) is 0 Å². The van der Waals surface area contributed by atoms with Gasteiger partial charge in [-0.05, 0) is 18.6 Å². The zero-order valence-electron chi connectivity index (χ0n) is 8.16. The van der Waals surface area contributed by atoms with E-state index in [0.29, 0.717) is 12.2 Å². The second-order valence-electron chi connectivity index (χ2n) is 3.34. The molecule has 0 unspecified atom stereocenters. The van der Waals surface area contributed by atoms with Crippen LogP contribution in [0.5, 0.6) is 0 Å². The fourth-order valence-corrected chi connectivity index (χ4v) is 1.65. The molecule has 2 amide bonds. The van der Waals surface area contributed by atoms with Gasteiger partial charge in [-0.25, -0.2) is 0 Å².